The summed E-state index contributed by atoms with van der Waals surface area (Å²) in [6.07, 6.45) is 1.25. The highest BCUT2D eigenvalue weighted by molar-refractivity contribution is 7.08. The fraction of sp³-hybridized carbons (Fsp3) is 0.692. The molecule has 1 saturated heterocycles. The molecule has 0 radical (unpaired) electrons. The Labute approximate surface area is 103 Å². The summed E-state index contributed by atoms with van der Waals surface area (Å²) >= 11 is 1.79. The van der Waals surface area contributed by atoms with Gasteiger partial charge in [0.05, 0.1) is 0 Å². The Hall–Kier alpha value is -0.540. The second-order valence-electron chi connectivity index (χ2n) is 4.88. The van der Waals surface area contributed by atoms with Gasteiger partial charge in [-0.2, -0.15) is 11.3 Å². The highest BCUT2D eigenvalue weighted by Crippen LogP contribution is 2.24. The SMILES string of the molecule is CCC(C)C1CN(c2ccsc2)C(C)CN1. The Morgan fingerprint density at radius 3 is 3.06 bits per heavy atom. The van der Waals surface area contributed by atoms with Crippen molar-refractivity contribution in [1.29, 1.82) is 0 Å². The van der Waals surface area contributed by atoms with Crippen LogP contribution in [0.1, 0.15) is 27.2 Å². The number of anilines is 1. The van der Waals surface area contributed by atoms with Crippen LogP contribution in [-0.4, -0.2) is 25.2 Å². The van der Waals surface area contributed by atoms with Crippen molar-refractivity contribution >= 4 is 17.0 Å². The van der Waals surface area contributed by atoms with Crippen molar-refractivity contribution in [3.63, 3.8) is 0 Å². The Balaban J connectivity index is 2.06. The lowest BCUT2D eigenvalue weighted by molar-refractivity contribution is 0.316. The molecule has 0 saturated carbocycles. The summed E-state index contributed by atoms with van der Waals surface area (Å²) in [6.45, 7) is 9.17. The number of hydrogen-bond acceptors (Lipinski definition) is 3. The predicted octanol–water partition coefficient (Wildman–Crippen LogP) is 2.96. The standard InChI is InChI=1S/C13H22N2S/c1-4-10(2)13-8-15(11(3)7-14-13)12-5-6-16-9-12/h5-6,9-11,13-14H,4,7-8H2,1-3H3. The number of piperazine rings is 1. The number of hydrogen-bond donors (Lipinski definition) is 1. The second-order valence-corrected chi connectivity index (χ2v) is 5.66. The molecule has 0 spiro atoms. The first-order valence-electron chi connectivity index (χ1n) is 6.24. The maximum absolute atomic E-state index is 3.67. The smallest absolute Gasteiger partial charge is 0.0478 e. The largest absolute Gasteiger partial charge is 0.365 e. The van der Waals surface area contributed by atoms with Gasteiger partial charge in [-0.15, -0.1) is 0 Å². The third kappa shape index (κ3) is 2.41. The minimum Gasteiger partial charge on any atom is -0.365 e. The molecule has 0 aliphatic carbocycles. The molecule has 1 aliphatic heterocycles. The summed E-state index contributed by atoms with van der Waals surface area (Å²) < 4.78 is 0. The summed E-state index contributed by atoms with van der Waals surface area (Å²) in [5.74, 6) is 0.758. The lowest BCUT2D eigenvalue weighted by atomic mass is 9.95. The molecule has 2 rings (SSSR count). The number of nitrogens with zero attached hydrogens (tertiary/aromatic N) is 1. The van der Waals surface area contributed by atoms with Gasteiger partial charge in [0.1, 0.15) is 0 Å². The summed E-state index contributed by atoms with van der Waals surface area (Å²) in [4.78, 5) is 2.55. The van der Waals surface area contributed by atoms with Crippen molar-refractivity contribution < 1.29 is 0 Å². The number of thiophene rings is 1. The lowest BCUT2D eigenvalue weighted by Crippen LogP contribution is -2.57. The topological polar surface area (TPSA) is 15.3 Å². The van der Waals surface area contributed by atoms with Crippen molar-refractivity contribution in [2.24, 2.45) is 5.92 Å². The summed E-state index contributed by atoms with van der Waals surface area (Å²) in [7, 11) is 0. The normalized spacial score (nSPS) is 28.1. The van der Waals surface area contributed by atoms with Crippen LogP contribution in [0.15, 0.2) is 16.8 Å². The van der Waals surface area contributed by atoms with E-state index in [1.165, 1.54) is 12.1 Å². The van der Waals surface area contributed by atoms with Crippen LogP contribution in [0.2, 0.25) is 0 Å². The quantitative estimate of drug-likeness (QED) is 0.871. The van der Waals surface area contributed by atoms with Gasteiger partial charge in [-0.05, 0) is 24.3 Å². The number of rotatable bonds is 3. The molecule has 0 amide bonds. The summed E-state index contributed by atoms with van der Waals surface area (Å²) in [6, 6.07) is 3.48. The predicted molar refractivity (Wildman–Crippen MR) is 72.4 cm³/mol. The number of nitrogens with one attached hydrogen (secondary N) is 1. The first-order valence-corrected chi connectivity index (χ1v) is 7.19. The monoisotopic (exact) mass is 238 g/mol. The van der Waals surface area contributed by atoms with Gasteiger partial charge in [0, 0.05) is 36.2 Å². The van der Waals surface area contributed by atoms with Gasteiger partial charge in [-0.3, -0.25) is 0 Å². The van der Waals surface area contributed by atoms with Crippen LogP contribution in [0.25, 0.3) is 0 Å². The molecule has 0 aromatic carbocycles. The van der Waals surface area contributed by atoms with E-state index in [2.05, 4.69) is 47.8 Å². The molecule has 0 bridgehead atoms. The molecular formula is C13H22N2S. The van der Waals surface area contributed by atoms with Crippen LogP contribution in [0.3, 0.4) is 0 Å². The Morgan fingerprint density at radius 2 is 2.44 bits per heavy atom. The molecule has 90 valence electrons. The van der Waals surface area contributed by atoms with Crippen molar-refractivity contribution in [2.75, 3.05) is 18.0 Å². The molecule has 3 heteroatoms. The summed E-state index contributed by atoms with van der Waals surface area (Å²) in [5.41, 5.74) is 1.40. The second kappa shape index (κ2) is 5.19. The van der Waals surface area contributed by atoms with E-state index in [-0.39, 0.29) is 0 Å². The van der Waals surface area contributed by atoms with Crippen LogP contribution in [-0.2, 0) is 0 Å². The first-order chi connectivity index (χ1) is 7.72. The van der Waals surface area contributed by atoms with E-state index >= 15 is 0 Å². The molecule has 3 unspecified atom stereocenters. The minimum atomic E-state index is 0.606. The van der Waals surface area contributed by atoms with Gasteiger partial charge in [0.15, 0.2) is 0 Å². The highest BCUT2D eigenvalue weighted by Gasteiger charge is 2.27. The molecule has 1 aromatic heterocycles. The Kier molecular flexibility index (Phi) is 3.87. The highest BCUT2D eigenvalue weighted by atomic mass is 32.1. The van der Waals surface area contributed by atoms with Gasteiger partial charge < -0.3 is 10.2 Å². The average Bonchev–Trinajstić information content (AvgIpc) is 2.82. The zero-order valence-electron chi connectivity index (χ0n) is 10.4. The average molecular weight is 238 g/mol. The van der Waals surface area contributed by atoms with E-state index in [4.69, 9.17) is 0 Å². The fourth-order valence-electron chi connectivity index (χ4n) is 2.33. The van der Waals surface area contributed by atoms with Gasteiger partial charge in [0.2, 0.25) is 0 Å². The Morgan fingerprint density at radius 1 is 1.62 bits per heavy atom. The van der Waals surface area contributed by atoms with E-state index in [1.807, 2.05) is 0 Å². The molecule has 1 aromatic rings. The zero-order valence-corrected chi connectivity index (χ0v) is 11.3. The van der Waals surface area contributed by atoms with Crippen LogP contribution >= 0.6 is 11.3 Å². The minimum absolute atomic E-state index is 0.606. The lowest BCUT2D eigenvalue weighted by Gasteiger charge is -2.42. The van der Waals surface area contributed by atoms with Crippen molar-refractivity contribution in [3.8, 4) is 0 Å². The van der Waals surface area contributed by atoms with Gasteiger partial charge in [-0.1, -0.05) is 20.3 Å². The van der Waals surface area contributed by atoms with Crippen molar-refractivity contribution in [3.05, 3.63) is 16.8 Å². The van der Waals surface area contributed by atoms with Crippen molar-refractivity contribution in [1.82, 2.24) is 5.32 Å². The molecule has 3 atom stereocenters. The molecular weight excluding hydrogens is 216 g/mol. The Bertz CT molecular complexity index is 310. The zero-order chi connectivity index (χ0) is 11.5. The fourth-order valence-corrected chi connectivity index (χ4v) is 2.98. The first kappa shape index (κ1) is 11.9. The molecule has 1 aliphatic rings. The molecule has 16 heavy (non-hydrogen) atoms. The molecule has 1 N–H and O–H groups in total. The van der Waals surface area contributed by atoms with Crippen LogP contribution in [0.5, 0.6) is 0 Å². The third-order valence-corrected chi connectivity index (χ3v) is 4.44. The van der Waals surface area contributed by atoms with E-state index in [0.717, 1.165) is 19.0 Å². The van der Waals surface area contributed by atoms with E-state index < -0.39 is 0 Å². The van der Waals surface area contributed by atoms with Crippen LogP contribution in [0.4, 0.5) is 5.69 Å². The van der Waals surface area contributed by atoms with Gasteiger partial charge >= 0.3 is 0 Å². The van der Waals surface area contributed by atoms with E-state index in [9.17, 15) is 0 Å². The van der Waals surface area contributed by atoms with Crippen LogP contribution < -0.4 is 10.2 Å². The van der Waals surface area contributed by atoms with Gasteiger partial charge in [-0.25, -0.2) is 0 Å². The molecule has 2 nitrogen and oxygen atoms in total. The molecule has 2 heterocycles. The van der Waals surface area contributed by atoms with E-state index in [0.29, 0.717) is 12.1 Å². The van der Waals surface area contributed by atoms with Gasteiger partial charge in [0.25, 0.3) is 0 Å². The maximum atomic E-state index is 3.67. The van der Waals surface area contributed by atoms with Crippen molar-refractivity contribution in [2.45, 2.75) is 39.3 Å². The van der Waals surface area contributed by atoms with Crippen LogP contribution in [0, 0.1) is 5.92 Å². The maximum Gasteiger partial charge on any atom is 0.0478 e. The third-order valence-electron chi connectivity index (χ3n) is 3.77. The molecule has 1 fully saturated rings. The summed E-state index contributed by atoms with van der Waals surface area (Å²) in [5, 5.41) is 8.10. The van der Waals surface area contributed by atoms with E-state index in [1.54, 1.807) is 11.3 Å².